The number of nitrogens with zero attached hydrogens (tertiary/aromatic N) is 5. The third-order valence-corrected chi connectivity index (χ3v) is 3.79. The number of hydrogen-bond donors (Lipinski definition) is 2. The van der Waals surface area contributed by atoms with Crippen LogP contribution in [0.2, 0.25) is 0 Å². The lowest BCUT2D eigenvalue weighted by atomic mass is 10.1. The molecule has 0 bridgehead atoms. The zero-order valence-electron chi connectivity index (χ0n) is 13.6. The van der Waals surface area contributed by atoms with Gasteiger partial charge in [0.15, 0.2) is 5.82 Å². The van der Waals surface area contributed by atoms with Crippen molar-refractivity contribution in [3.63, 3.8) is 0 Å². The number of nitrogens with one attached hydrogen (secondary N) is 2. The molecule has 0 aliphatic carbocycles. The van der Waals surface area contributed by atoms with E-state index in [0.717, 1.165) is 19.4 Å². The second kappa shape index (κ2) is 7.71. The topological polar surface area (TPSA) is 109 Å². The fourth-order valence-electron chi connectivity index (χ4n) is 2.69. The highest BCUT2D eigenvalue weighted by Gasteiger charge is 2.22. The van der Waals surface area contributed by atoms with E-state index in [1.54, 1.807) is 25.4 Å². The first kappa shape index (κ1) is 16.2. The van der Waals surface area contributed by atoms with Crippen molar-refractivity contribution in [1.82, 2.24) is 30.7 Å². The second-order valence-electron chi connectivity index (χ2n) is 5.72. The van der Waals surface area contributed by atoms with Gasteiger partial charge in [-0.25, -0.2) is 14.8 Å². The molecule has 3 heterocycles. The summed E-state index contributed by atoms with van der Waals surface area (Å²) in [4.78, 5) is 26.7. The monoisotopic (exact) mass is 331 g/mol. The van der Waals surface area contributed by atoms with Crippen molar-refractivity contribution in [2.75, 3.05) is 24.5 Å². The maximum Gasteiger partial charge on any atom is 0.315 e. The third-order valence-electron chi connectivity index (χ3n) is 3.79. The van der Waals surface area contributed by atoms with Crippen LogP contribution in [0.25, 0.3) is 0 Å². The minimum absolute atomic E-state index is 0.0770. The van der Waals surface area contributed by atoms with Crippen LogP contribution in [0.1, 0.15) is 24.6 Å². The predicted molar refractivity (Wildman–Crippen MR) is 86.5 cm³/mol. The van der Waals surface area contributed by atoms with Crippen LogP contribution in [0.3, 0.4) is 0 Å². The molecule has 0 aromatic carbocycles. The standard InChI is InChI=1S/C15H21N7O2/c1-11-19-13(24-21-11)5-8-18-15(23)20-12-4-2-9-22(10-12)14-16-6-3-7-17-14/h3,6-7,12H,2,4-5,8-10H2,1H3,(H2,18,20,23)/t12-/m1/s1. The predicted octanol–water partition coefficient (Wildman–Crippen LogP) is 0.679. The average Bonchev–Trinajstić information content (AvgIpc) is 3.01. The van der Waals surface area contributed by atoms with Crippen molar-refractivity contribution in [2.24, 2.45) is 0 Å². The molecule has 1 aliphatic rings. The highest BCUT2D eigenvalue weighted by Crippen LogP contribution is 2.15. The maximum absolute atomic E-state index is 12.0. The number of carbonyl (C=O) groups excluding carboxylic acids is 1. The summed E-state index contributed by atoms with van der Waals surface area (Å²) in [6.07, 6.45) is 5.91. The van der Waals surface area contributed by atoms with E-state index in [2.05, 4.69) is 35.6 Å². The molecule has 2 aromatic rings. The van der Waals surface area contributed by atoms with Gasteiger partial charge in [-0.2, -0.15) is 4.98 Å². The maximum atomic E-state index is 12.0. The van der Waals surface area contributed by atoms with E-state index in [9.17, 15) is 4.79 Å². The van der Waals surface area contributed by atoms with Crippen LogP contribution in [-0.2, 0) is 6.42 Å². The lowest BCUT2D eigenvalue weighted by Crippen LogP contribution is -2.51. The van der Waals surface area contributed by atoms with Crippen LogP contribution in [-0.4, -0.2) is 51.8 Å². The smallest absolute Gasteiger partial charge is 0.315 e. The molecule has 0 spiro atoms. The molecule has 1 atom stereocenters. The Balaban J connectivity index is 1.42. The van der Waals surface area contributed by atoms with E-state index in [0.29, 0.717) is 37.2 Å². The summed E-state index contributed by atoms with van der Waals surface area (Å²) in [5, 5.41) is 9.52. The Bertz CT molecular complexity index is 661. The lowest BCUT2D eigenvalue weighted by Gasteiger charge is -2.33. The molecular formula is C15H21N7O2. The number of carbonyl (C=O) groups is 1. The first-order chi connectivity index (χ1) is 11.7. The molecule has 2 N–H and O–H groups in total. The van der Waals surface area contributed by atoms with Crippen molar-refractivity contribution < 1.29 is 9.32 Å². The van der Waals surface area contributed by atoms with Gasteiger partial charge in [-0.05, 0) is 25.8 Å². The molecule has 1 aliphatic heterocycles. The van der Waals surface area contributed by atoms with Crippen LogP contribution in [0.5, 0.6) is 0 Å². The van der Waals surface area contributed by atoms with Gasteiger partial charge in [0, 0.05) is 44.5 Å². The van der Waals surface area contributed by atoms with Gasteiger partial charge < -0.3 is 20.1 Å². The van der Waals surface area contributed by atoms with Crippen molar-refractivity contribution in [3.05, 3.63) is 30.2 Å². The normalized spacial score (nSPS) is 17.5. The molecule has 128 valence electrons. The molecule has 2 amide bonds. The number of anilines is 1. The number of aromatic nitrogens is 4. The van der Waals surface area contributed by atoms with E-state index in [-0.39, 0.29) is 12.1 Å². The van der Waals surface area contributed by atoms with E-state index in [1.807, 2.05) is 0 Å². The fraction of sp³-hybridized carbons (Fsp3) is 0.533. The average molecular weight is 331 g/mol. The van der Waals surface area contributed by atoms with E-state index >= 15 is 0 Å². The third kappa shape index (κ3) is 4.40. The molecule has 0 radical (unpaired) electrons. The molecule has 0 saturated carbocycles. The number of urea groups is 1. The largest absolute Gasteiger partial charge is 0.339 e. The van der Waals surface area contributed by atoms with E-state index < -0.39 is 0 Å². The Hall–Kier alpha value is -2.71. The van der Waals surface area contributed by atoms with Gasteiger partial charge in [0.05, 0.1) is 0 Å². The van der Waals surface area contributed by atoms with Gasteiger partial charge >= 0.3 is 6.03 Å². The minimum Gasteiger partial charge on any atom is -0.339 e. The Morgan fingerprint density at radius 2 is 2.25 bits per heavy atom. The SMILES string of the molecule is Cc1noc(CCNC(=O)N[C@@H]2CCCN(c3ncccn3)C2)n1. The Morgan fingerprint density at radius 3 is 3.00 bits per heavy atom. The highest BCUT2D eigenvalue weighted by molar-refractivity contribution is 5.74. The molecule has 1 fully saturated rings. The first-order valence-electron chi connectivity index (χ1n) is 8.06. The molecule has 2 aromatic heterocycles. The lowest BCUT2D eigenvalue weighted by molar-refractivity contribution is 0.234. The minimum atomic E-state index is -0.188. The van der Waals surface area contributed by atoms with Crippen LogP contribution >= 0.6 is 0 Å². The molecule has 9 nitrogen and oxygen atoms in total. The van der Waals surface area contributed by atoms with Gasteiger partial charge in [-0.15, -0.1) is 0 Å². The van der Waals surface area contributed by atoms with Gasteiger partial charge in [0.2, 0.25) is 11.8 Å². The van der Waals surface area contributed by atoms with Crippen molar-refractivity contribution >= 4 is 12.0 Å². The highest BCUT2D eigenvalue weighted by atomic mass is 16.5. The molecular weight excluding hydrogens is 310 g/mol. The van der Waals surface area contributed by atoms with Crippen LogP contribution in [0.15, 0.2) is 23.0 Å². The number of piperidine rings is 1. The molecule has 1 saturated heterocycles. The zero-order valence-corrected chi connectivity index (χ0v) is 13.6. The summed E-state index contributed by atoms with van der Waals surface area (Å²) >= 11 is 0. The van der Waals surface area contributed by atoms with Crippen molar-refractivity contribution in [2.45, 2.75) is 32.2 Å². The number of aryl methyl sites for hydroxylation is 1. The number of amides is 2. The van der Waals surface area contributed by atoms with Crippen LogP contribution in [0, 0.1) is 6.92 Å². The quantitative estimate of drug-likeness (QED) is 0.829. The fourth-order valence-corrected chi connectivity index (χ4v) is 2.69. The van der Waals surface area contributed by atoms with Crippen molar-refractivity contribution in [1.29, 1.82) is 0 Å². The van der Waals surface area contributed by atoms with E-state index in [4.69, 9.17) is 4.52 Å². The van der Waals surface area contributed by atoms with Crippen molar-refractivity contribution in [3.8, 4) is 0 Å². The summed E-state index contributed by atoms with van der Waals surface area (Å²) in [6, 6.07) is 1.68. The van der Waals surface area contributed by atoms with Gasteiger partial charge in [-0.1, -0.05) is 5.16 Å². The Labute approximate surface area is 139 Å². The first-order valence-corrected chi connectivity index (χ1v) is 8.06. The summed E-state index contributed by atoms with van der Waals surface area (Å²) < 4.78 is 5.01. The molecule has 0 unspecified atom stereocenters. The van der Waals surface area contributed by atoms with Gasteiger partial charge in [0.1, 0.15) is 0 Å². The molecule has 24 heavy (non-hydrogen) atoms. The Morgan fingerprint density at radius 1 is 1.42 bits per heavy atom. The van der Waals surface area contributed by atoms with Crippen LogP contribution < -0.4 is 15.5 Å². The number of hydrogen-bond acceptors (Lipinski definition) is 7. The summed E-state index contributed by atoms with van der Waals surface area (Å²) in [7, 11) is 0. The number of rotatable bonds is 5. The van der Waals surface area contributed by atoms with Gasteiger partial charge in [-0.3, -0.25) is 0 Å². The second-order valence-corrected chi connectivity index (χ2v) is 5.72. The summed E-state index contributed by atoms with van der Waals surface area (Å²) in [5.41, 5.74) is 0. The van der Waals surface area contributed by atoms with Gasteiger partial charge in [0.25, 0.3) is 0 Å². The zero-order chi connectivity index (χ0) is 16.8. The molecule has 3 rings (SSSR count). The Kier molecular flexibility index (Phi) is 5.19. The molecule has 9 heteroatoms. The summed E-state index contributed by atoms with van der Waals surface area (Å²) in [6.45, 7) is 3.82. The van der Waals surface area contributed by atoms with E-state index in [1.165, 1.54) is 0 Å². The summed E-state index contributed by atoms with van der Waals surface area (Å²) in [5.74, 6) is 1.83. The van der Waals surface area contributed by atoms with Crippen LogP contribution in [0.4, 0.5) is 10.7 Å².